The van der Waals surface area contributed by atoms with Gasteiger partial charge in [-0.15, -0.1) is 0 Å². The summed E-state index contributed by atoms with van der Waals surface area (Å²) in [6, 6.07) is 8.61. The van der Waals surface area contributed by atoms with Gasteiger partial charge >= 0.3 is 0 Å². The summed E-state index contributed by atoms with van der Waals surface area (Å²) < 4.78 is 14.3. The number of hydrogen-bond donors (Lipinski definition) is 1. The summed E-state index contributed by atoms with van der Waals surface area (Å²) >= 11 is 18.8. The number of benzene rings is 2. The first kappa shape index (κ1) is 24.8. The summed E-state index contributed by atoms with van der Waals surface area (Å²) in [6.45, 7) is 1.67. The number of halogens is 4. The van der Waals surface area contributed by atoms with Gasteiger partial charge in [0.2, 0.25) is 11.8 Å². The predicted octanol–water partition coefficient (Wildman–Crippen LogP) is 6.19. The lowest BCUT2D eigenvalue weighted by Gasteiger charge is -2.32. The van der Waals surface area contributed by atoms with Crippen LogP contribution in [0.1, 0.15) is 50.2 Å². The first-order valence-corrected chi connectivity index (χ1v) is 11.9. The first-order chi connectivity index (χ1) is 15.3. The average molecular weight is 500 g/mol. The van der Waals surface area contributed by atoms with Crippen molar-refractivity contribution in [2.45, 2.75) is 64.1 Å². The van der Waals surface area contributed by atoms with Crippen LogP contribution in [-0.2, 0) is 22.6 Å². The normalized spacial score (nSPS) is 15.3. The molecule has 1 saturated carbocycles. The Kier molecular flexibility index (Phi) is 8.80. The van der Waals surface area contributed by atoms with Crippen LogP contribution in [0.3, 0.4) is 0 Å². The van der Waals surface area contributed by atoms with Gasteiger partial charge in [0.1, 0.15) is 11.9 Å². The van der Waals surface area contributed by atoms with Gasteiger partial charge in [-0.3, -0.25) is 9.59 Å². The molecule has 0 bridgehead atoms. The van der Waals surface area contributed by atoms with Crippen LogP contribution in [0.2, 0.25) is 15.1 Å². The van der Waals surface area contributed by atoms with Crippen molar-refractivity contribution < 1.29 is 14.0 Å². The molecular weight excluding hydrogens is 474 g/mol. The van der Waals surface area contributed by atoms with Crippen LogP contribution in [0.25, 0.3) is 0 Å². The van der Waals surface area contributed by atoms with Crippen LogP contribution in [-0.4, -0.2) is 28.8 Å². The van der Waals surface area contributed by atoms with Crippen LogP contribution in [0.15, 0.2) is 36.4 Å². The van der Waals surface area contributed by atoms with E-state index in [0.29, 0.717) is 15.6 Å². The highest BCUT2D eigenvalue weighted by Gasteiger charge is 2.30. The molecule has 32 heavy (non-hydrogen) atoms. The Bertz CT molecular complexity index is 939. The minimum Gasteiger partial charge on any atom is -0.352 e. The first-order valence-electron chi connectivity index (χ1n) is 10.7. The minimum atomic E-state index is -0.803. The molecule has 1 aliphatic rings. The summed E-state index contributed by atoms with van der Waals surface area (Å²) in [4.78, 5) is 27.7. The van der Waals surface area contributed by atoms with E-state index in [1.165, 1.54) is 29.5 Å². The zero-order valence-electron chi connectivity index (χ0n) is 17.8. The Hall–Kier alpha value is -1.82. The van der Waals surface area contributed by atoms with Crippen molar-refractivity contribution in [1.29, 1.82) is 0 Å². The fourth-order valence-corrected chi connectivity index (χ4v) is 4.71. The third kappa shape index (κ3) is 6.15. The van der Waals surface area contributed by atoms with Gasteiger partial charge < -0.3 is 10.2 Å². The molecular formula is C24H26Cl3FN2O2. The van der Waals surface area contributed by atoms with Gasteiger partial charge in [-0.05, 0) is 44.0 Å². The Morgan fingerprint density at radius 3 is 2.16 bits per heavy atom. The van der Waals surface area contributed by atoms with Crippen molar-refractivity contribution in [3.05, 3.63) is 68.4 Å². The van der Waals surface area contributed by atoms with Gasteiger partial charge in [0.05, 0.1) is 6.42 Å². The monoisotopic (exact) mass is 498 g/mol. The zero-order chi connectivity index (χ0) is 23.3. The van der Waals surface area contributed by atoms with E-state index in [4.69, 9.17) is 34.8 Å². The molecule has 0 spiro atoms. The number of nitrogens with one attached hydrogen (secondary N) is 1. The second-order valence-electron chi connectivity index (χ2n) is 8.12. The maximum absolute atomic E-state index is 14.3. The Morgan fingerprint density at radius 1 is 1.00 bits per heavy atom. The molecule has 1 fully saturated rings. The van der Waals surface area contributed by atoms with Gasteiger partial charge in [-0.25, -0.2) is 4.39 Å². The zero-order valence-corrected chi connectivity index (χ0v) is 20.1. The molecule has 0 aromatic heterocycles. The fraction of sp³-hybridized carbons (Fsp3) is 0.417. The second-order valence-corrected chi connectivity index (χ2v) is 9.34. The molecule has 2 amide bonds. The molecule has 172 valence electrons. The Balaban J connectivity index is 1.86. The maximum atomic E-state index is 14.3. The second kappa shape index (κ2) is 11.4. The van der Waals surface area contributed by atoms with E-state index in [-0.39, 0.29) is 35.5 Å². The van der Waals surface area contributed by atoms with E-state index < -0.39 is 17.8 Å². The number of amides is 2. The largest absolute Gasteiger partial charge is 0.352 e. The van der Waals surface area contributed by atoms with Crippen molar-refractivity contribution in [3.8, 4) is 0 Å². The van der Waals surface area contributed by atoms with Gasteiger partial charge in [0.25, 0.3) is 0 Å². The quantitative estimate of drug-likeness (QED) is 0.493. The Labute approximate surface area is 203 Å². The lowest BCUT2D eigenvalue weighted by Crippen LogP contribution is -2.50. The minimum absolute atomic E-state index is 0.0165. The molecule has 0 aliphatic heterocycles. The molecule has 3 rings (SSSR count). The highest BCUT2D eigenvalue weighted by Crippen LogP contribution is 2.28. The smallest absolute Gasteiger partial charge is 0.242 e. The maximum Gasteiger partial charge on any atom is 0.242 e. The van der Waals surface area contributed by atoms with E-state index in [1.54, 1.807) is 25.1 Å². The Morgan fingerprint density at radius 2 is 1.56 bits per heavy atom. The van der Waals surface area contributed by atoms with Gasteiger partial charge in [0, 0.05) is 38.8 Å². The van der Waals surface area contributed by atoms with Crippen molar-refractivity contribution in [1.82, 2.24) is 10.2 Å². The number of carbonyl (C=O) groups excluding carboxylic acids is 2. The van der Waals surface area contributed by atoms with E-state index in [2.05, 4.69) is 5.32 Å². The molecule has 0 saturated heterocycles. The third-order valence-electron chi connectivity index (χ3n) is 5.90. The standard InChI is InChI=1S/C24H26Cl3FN2O2/c1-15(24(32)29-16-7-3-2-4-8-16)30(14-18-20(26)9-5-10-21(18)27)23(31)13-17-19(25)11-6-12-22(17)28/h5-6,9-12,15-16H,2-4,7-8,13-14H2,1H3,(H,29,32)/t15-/m1/s1. The van der Waals surface area contributed by atoms with E-state index >= 15 is 0 Å². The van der Waals surface area contributed by atoms with Crippen LogP contribution in [0, 0.1) is 5.82 Å². The van der Waals surface area contributed by atoms with Crippen LogP contribution in [0.5, 0.6) is 0 Å². The molecule has 4 nitrogen and oxygen atoms in total. The summed E-state index contributed by atoms with van der Waals surface area (Å²) in [7, 11) is 0. The average Bonchev–Trinajstić information content (AvgIpc) is 2.76. The molecule has 0 unspecified atom stereocenters. The van der Waals surface area contributed by atoms with Crippen LogP contribution >= 0.6 is 34.8 Å². The fourth-order valence-electron chi connectivity index (χ4n) is 3.96. The topological polar surface area (TPSA) is 49.4 Å². The van der Waals surface area contributed by atoms with E-state index in [9.17, 15) is 14.0 Å². The predicted molar refractivity (Wildman–Crippen MR) is 127 cm³/mol. The lowest BCUT2D eigenvalue weighted by molar-refractivity contribution is -0.140. The third-order valence-corrected chi connectivity index (χ3v) is 6.96. The van der Waals surface area contributed by atoms with Crippen molar-refractivity contribution in [3.63, 3.8) is 0 Å². The van der Waals surface area contributed by atoms with Crippen LogP contribution in [0.4, 0.5) is 4.39 Å². The van der Waals surface area contributed by atoms with Gasteiger partial charge in [-0.2, -0.15) is 0 Å². The highest BCUT2D eigenvalue weighted by molar-refractivity contribution is 6.36. The summed E-state index contributed by atoms with van der Waals surface area (Å²) in [6.07, 6.45) is 4.88. The highest BCUT2D eigenvalue weighted by atomic mass is 35.5. The molecule has 8 heteroatoms. The summed E-state index contributed by atoms with van der Waals surface area (Å²) in [5.41, 5.74) is 0.621. The summed E-state index contributed by atoms with van der Waals surface area (Å²) in [5, 5.41) is 3.99. The number of rotatable bonds is 7. The van der Waals surface area contributed by atoms with Gasteiger partial charge in [-0.1, -0.05) is 66.2 Å². The lowest BCUT2D eigenvalue weighted by atomic mass is 9.95. The van der Waals surface area contributed by atoms with Gasteiger partial charge in [0.15, 0.2) is 0 Å². The van der Waals surface area contributed by atoms with Crippen molar-refractivity contribution in [2.24, 2.45) is 0 Å². The molecule has 0 radical (unpaired) electrons. The summed E-state index contributed by atoms with van der Waals surface area (Å²) in [5.74, 6) is -1.27. The number of hydrogen-bond acceptors (Lipinski definition) is 2. The van der Waals surface area contributed by atoms with E-state index in [1.807, 2.05) is 0 Å². The molecule has 1 atom stereocenters. The number of nitrogens with zero attached hydrogens (tertiary/aromatic N) is 1. The molecule has 0 heterocycles. The number of carbonyl (C=O) groups is 2. The molecule has 2 aromatic carbocycles. The van der Waals surface area contributed by atoms with E-state index in [0.717, 1.165) is 25.7 Å². The van der Waals surface area contributed by atoms with Crippen LogP contribution < -0.4 is 5.32 Å². The van der Waals surface area contributed by atoms with Crippen molar-refractivity contribution >= 4 is 46.6 Å². The molecule has 1 aliphatic carbocycles. The van der Waals surface area contributed by atoms with Crippen molar-refractivity contribution in [2.75, 3.05) is 0 Å². The molecule has 1 N–H and O–H groups in total. The SMILES string of the molecule is C[C@H](C(=O)NC1CCCCC1)N(Cc1c(Cl)cccc1Cl)C(=O)Cc1c(F)cccc1Cl. The molecule has 2 aromatic rings.